The van der Waals surface area contributed by atoms with Crippen molar-refractivity contribution in [3.05, 3.63) is 0 Å². The zero-order valence-electron chi connectivity index (χ0n) is 12.2. The van der Waals surface area contributed by atoms with Gasteiger partial charge in [0.1, 0.15) is 0 Å². The van der Waals surface area contributed by atoms with Crippen LogP contribution in [0.4, 0.5) is 0 Å². The predicted molar refractivity (Wildman–Crippen MR) is 75.5 cm³/mol. The van der Waals surface area contributed by atoms with E-state index in [0.29, 0.717) is 12.1 Å². The topological polar surface area (TPSA) is 18.5 Å². The second-order valence-corrected chi connectivity index (χ2v) is 5.58. The van der Waals surface area contributed by atoms with Crippen molar-refractivity contribution in [3.8, 4) is 0 Å². The molecule has 0 saturated carbocycles. The van der Waals surface area contributed by atoms with Gasteiger partial charge in [0.25, 0.3) is 0 Å². The number of likely N-dealkylation sites (N-methyl/N-ethyl adjacent to an activating group) is 1. The summed E-state index contributed by atoms with van der Waals surface area (Å²) in [5, 5.41) is 3.55. The zero-order chi connectivity index (χ0) is 12.7. The van der Waals surface area contributed by atoms with E-state index in [-0.39, 0.29) is 0 Å². The molecule has 2 unspecified atom stereocenters. The summed E-state index contributed by atoms with van der Waals surface area (Å²) < 4.78 is 0. The predicted octanol–water partition coefficient (Wildman–Crippen LogP) is 1.79. The number of piperazine rings is 1. The van der Waals surface area contributed by atoms with Gasteiger partial charge in [-0.3, -0.25) is 9.80 Å². The molecule has 1 saturated heterocycles. The molecule has 1 rings (SSSR count). The van der Waals surface area contributed by atoms with Crippen LogP contribution in [0.5, 0.6) is 0 Å². The van der Waals surface area contributed by atoms with E-state index in [0.717, 1.165) is 6.54 Å². The monoisotopic (exact) mass is 241 g/mol. The molecule has 0 aromatic heterocycles. The van der Waals surface area contributed by atoms with Gasteiger partial charge in [-0.1, -0.05) is 19.8 Å². The quantitative estimate of drug-likeness (QED) is 0.686. The van der Waals surface area contributed by atoms with Crippen LogP contribution in [0.2, 0.25) is 0 Å². The maximum Gasteiger partial charge on any atom is 0.0195 e. The minimum Gasteiger partial charge on any atom is -0.315 e. The molecule has 0 aromatic carbocycles. The average Bonchev–Trinajstić information content (AvgIpc) is 2.30. The Bertz CT molecular complexity index is 184. The second-order valence-electron chi connectivity index (χ2n) is 5.58. The van der Waals surface area contributed by atoms with Gasteiger partial charge in [-0.15, -0.1) is 0 Å². The van der Waals surface area contributed by atoms with Crippen LogP contribution in [-0.4, -0.2) is 61.7 Å². The largest absolute Gasteiger partial charge is 0.315 e. The summed E-state index contributed by atoms with van der Waals surface area (Å²) in [6.07, 6.45) is 4.00. The lowest BCUT2D eigenvalue weighted by molar-refractivity contribution is 0.0608. The molecule has 0 aliphatic carbocycles. The number of rotatable bonds is 7. The molecule has 1 fully saturated rings. The molecule has 102 valence electrons. The van der Waals surface area contributed by atoms with Crippen LogP contribution in [0, 0.1) is 0 Å². The first-order valence-corrected chi connectivity index (χ1v) is 7.30. The fraction of sp³-hybridized carbons (Fsp3) is 1.00. The molecule has 0 bridgehead atoms. The van der Waals surface area contributed by atoms with Crippen molar-refractivity contribution in [3.63, 3.8) is 0 Å². The van der Waals surface area contributed by atoms with Gasteiger partial charge in [-0.05, 0) is 33.9 Å². The van der Waals surface area contributed by atoms with E-state index >= 15 is 0 Å². The molecule has 3 heteroatoms. The Morgan fingerprint density at radius 3 is 2.29 bits per heavy atom. The number of hydrogen-bond donors (Lipinski definition) is 1. The third kappa shape index (κ3) is 5.36. The normalized spacial score (nSPS) is 27.5. The lowest BCUT2D eigenvalue weighted by Crippen LogP contribution is -2.55. The van der Waals surface area contributed by atoms with Crippen LogP contribution < -0.4 is 5.32 Å². The Balaban J connectivity index is 2.07. The summed E-state index contributed by atoms with van der Waals surface area (Å²) in [6.45, 7) is 12.9. The van der Waals surface area contributed by atoms with E-state index in [4.69, 9.17) is 0 Å². The van der Waals surface area contributed by atoms with Crippen molar-refractivity contribution in [1.82, 2.24) is 15.1 Å². The van der Waals surface area contributed by atoms with Gasteiger partial charge in [-0.2, -0.15) is 0 Å². The molecule has 2 atom stereocenters. The van der Waals surface area contributed by atoms with E-state index in [1.807, 2.05) is 0 Å². The summed E-state index contributed by atoms with van der Waals surface area (Å²) in [6, 6.07) is 1.39. The smallest absolute Gasteiger partial charge is 0.0195 e. The van der Waals surface area contributed by atoms with Gasteiger partial charge >= 0.3 is 0 Å². The summed E-state index contributed by atoms with van der Waals surface area (Å²) in [7, 11) is 2.25. The highest BCUT2D eigenvalue weighted by molar-refractivity contribution is 4.82. The molecule has 1 aliphatic heterocycles. The van der Waals surface area contributed by atoms with Crippen LogP contribution in [0.1, 0.15) is 40.0 Å². The average molecular weight is 241 g/mol. The minimum atomic E-state index is 0.693. The molecule has 1 N–H and O–H groups in total. The second kappa shape index (κ2) is 8.06. The lowest BCUT2D eigenvalue weighted by atomic mass is 10.1. The van der Waals surface area contributed by atoms with E-state index in [1.165, 1.54) is 45.4 Å². The van der Waals surface area contributed by atoms with Crippen LogP contribution in [0.3, 0.4) is 0 Å². The summed E-state index contributed by atoms with van der Waals surface area (Å²) in [4.78, 5) is 5.09. The van der Waals surface area contributed by atoms with Crippen LogP contribution >= 0.6 is 0 Å². The summed E-state index contributed by atoms with van der Waals surface area (Å²) in [5.41, 5.74) is 0. The van der Waals surface area contributed by atoms with Gasteiger partial charge in [-0.25, -0.2) is 0 Å². The van der Waals surface area contributed by atoms with Gasteiger partial charge in [0, 0.05) is 38.3 Å². The number of nitrogens with zero attached hydrogens (tertiary/aromatic N) is 2. The van der Waals surface area contributed by atoms with Gasteiger partial charge < -0.3 is 5.32 Å². The zero-order valence-corrected chi connectivity index (χ0v) is 12.2. The molecular formula is C14H31N3. The van der Waals surface area contributed by atoms with Crippen LogP contribution in [0.25, 0.3) is 0 Å². The molecule has 3 nitrogen and oxygen atoms in total. The van der Waals surface area contributed by atoms with Gasteiger partial charge in [0.15, 0.2) is 0 Å². The fourth-order valence-electron chi connectivity index (χ4n) is 2.56. The lowest BCUT2D eigenvalue weighted by Gasteiger charge is -2.42. The van der Waals surface area contributed by atoms with E-state index in [9.17, 15) is 0 Å². The van der Waals surface area contributed by atoms with E-state index < -0.39 is 0 Å². The molecule has 0 aromatic rings. The van der Waals surface area contributed by atoms with Gasteiger partial charge in [0.05, 0.1) is 0 Å². The summed E-state index contributed by atoms with van der Waals surface area (Å²) >= 11 is 0. The maximum atomic E-state index is 3.55. The van der Waals surface area contributed by atoms with Crippen molar-refractivity contribution < 1.29 is 0 Å². The van der Waals surface area contributed by atoms with Crippen molar-refractivity contribution in [2.45, 2.75) is 52.1 Å². The third-order valence-electron chi connectivity index (χ3n) is 4.00. The van der Waals surface area contributed by atoms with Crippen molar-refractivity contribution in [2.75, 3.05) is 39.8 Å². The molecule has 0 spiro atoms. The first-order chi connectivity index (χ1) is 8.15. The Labute approximate surface area is 108 Å². The van der Waals surface area contributed by atoms with E-state index in [1.54, 1.807) is 0 Å². The number of hydrogen-bond acceptors (Lipinski definition) is 3. The molecule has 0 radical (unpaired) electrons. The Hall–Kier alpha value is -0.120. The highest BCUT2D eigenvalue weighted by atomic mass is 15.3. The van der Waals surface area contributed by atoms with Crippen molar-refractivity contribution >= 4 is 0 Å². The first kappa shape index (κ1) is 14.9. The van der Waals surface area contributed by atoms with Crippen molar-refractivity contribution in [2.24, 2.45) is 0 Å². The Morgan fingerprint density at radius 2 is 1.71 bits per heavy atom. The summed E-state index contributed by atoms with van der Waals surface area (Å²) in [5.74, 6) is 0. The standard InChI is InChI=1S/C14H31N3/c1-5-6-7-8-15-9-10-17-11-13(2)16(4)14(3)12-17/h13-15H,5-12H2,1-4H3. The highest BCUT2D eigenvalue weighted by Crippen LogP contribution is 2.12. The minimum absolute atomic E-state index is 0.693. The molecule has 17 heavy (non-hydrogen) atoms. The van der Waals surface area contributed by atoms with Crippen LogP contribution in [0.15, 0.2) is 0 Å². The van der Waals surface area contributed by atoms with Gasteiger partial charge in [0.2, 0.25) is 0 Å². The third-order valence-corrected chi connectivity index (χ3v) is 4.00. The Morgan fingerprint density at radius 1 is 1.06 bits per heavy atom. The van der Waals surface area contributed by atoms with E-state index in [2.05, 4.69) is 42.9 Å². The fourth-order valence-corrected chi connectivity index (χ4v) is 2.56. The number of nitrogens with one attached hydrogen (secondary N) is 1. The highest BCUT2D eigenvalue weighted by Gasteiger charge is 2.25. The molecule has 1 aliphatic rings. The molecule has 1 heterocycles. The maximum absolute atomic E-state index is 3.55. The number of unbranched alkanes of at least 4 members (excludes halogenated alkanes) is 2. The Kier molecular flexibility index (Phi) is 7.09. The SMILES string of the molecule is CCCCCNCCN1CC(C)N(C)C(C)C1. The molecular weight excluding hydrogens is 210 g/mol. The first-order valence-electron chi connectivity index (χ1n) is 7.30. The van der Waals surface area contributed by atoms with Crippen LogP contribution in [-0.2, 0) is 0 Å². The van der Waals surface area contributed by atoms with Crippen molar-refractivity contribution in [1.29, 1.82) is 0 Å². The molecule has 0 amide bonds.